The first kappa shape index (κ1) is 15.8. The number of nitrogens with zero attached hydrogens (tertiary/aromatic N) is 2. The van der Waals surface area contributed by atoms with Gasteiger partial charge in [0, 0.05) is 7.05 Å². The molecule has 1 aromatic heterocycles. The number of hydrogen-bond donors (Lipinski definition) is 2. The number of hydrogen-bond acceptors (Lipinski definition) is 4. The van der Waals surface area contributed by atoms with E-state index in [2.05, 4.69) is 22.1 Å². The van der Waals surface area contributed by atoms with Gasteiger partial charge in [0.25, 0.3) is 0 Å². The number of carbonyl (C=O) groups excluding carboxylic acids is 1. The third-order valence-corrected chi connectivity index (χ3v) is 3.33. The number of H-pyrrole nitrogens is 2. The van der Waals surface area contributed by atoms with E-state index in [4.69, 9.17) is 4.74 Å². The average Bonchev–Trinajstić information content (AvgIpc) is 2.92. The highest BCUT2D eigenvalue weighted by Crippen LogP contribution is 2.17. The minimum atomic E-state index is -0.412. The molecule has 0 atom stereocenters. The molecule has 1 aromatic carbocycles. The van der Waals surface area contributed by atoms with Gasteiger partial charge in [-0.15, -0.1) is 0 Å². The molecule has 0 spiro atoms. The van der Waals surface area contributed by atoms with Crippen molar-refractivity contribution in [2.24, 2.45) is 0 Å². The van der Waals surface area contributed by atoms with E-state index in [0.29, 0.717) is 19.0 Å². The van der Waals surface area contributed by atoms with Crippen LogP contribution < -0.4 is 10.4 Å². The van der Waals surface area contributed by atoms with Crippen LogP contribution in [-0.4, -0.2) is 46.2 Å². The number of rotatable bonds is 7. The molecule has 0 bridgehead atoms. The summed E-state index contributed by atoms with van der Waals surface area (Å²) < 4.78 is 5.73. The van der Waals surface area contributed by atoms with Crippen LogP contribution >= 0.6 is 0 Å². The van der Waals surface area contributed by atoms with Crippen LogP contribution in [-0.2, 0) is 17.6 Å². The van der Waals surface area contributed by atoms with Crippen LogP contribution in [0.15, 0.2) is 29.1 Å². The molecule has 0 fully saturated rings. The molecule has 2 N–H and O–H groups in total. The SMILES string of the molecule is CCc1ccccc1OCCN(C)C(=O)Cc1n[nH]c(=O)[nH]1. The topological polar surface area (TPSA) is 91.1 Å². The number of likely N-dealkylation sites (N-methyl/N-ethyl adjacent to an activating group) is 1. The lowest BCUT2D eigenvalue weighted by Crippen LogP contribution is -2.32. The van der Waals surface area contributed by atoms with Gasteiger partial charge < -0.3 is 9.64 Å². The van der Waals surface area contributed by atoms with Crippen molar-refractivity contribution in [1.82, 2.24) is 20.1 Å². The second-order valence-corrected chi connectivity index (χ2v) is 4.93. The van der Waals surface area contributed by atoms with Crippen molar-refractivity contribution in [1.29, 1.82) is 0 Å². The number of ether oxygens (including phenoxy) is 1. The molecular formula is C15H20N4O3. The average molecular weight is 304 g/mol. The van der Waals surface area contributed by atoms with Crippen molar-refractivity contribution in [3.8, 4) is 5.75 Å². The molecule has 0 saturated carbocycles. The molecule has 2 aromatic rings. The molecule has 0 unspecified atom stereocenters. The van der Waals surface area contributed by atoms with Crippen LogP contribution in [0.25, 0.3) is 0 Å². The summed E-state index contributed by atoms with van der Waals surface area (Å²) in [6, 6.07) is 7.86. The Kier molecular flexibility index (Phi) is 5.35. The van der Waals surface area contributed by atoms with Crippen LogP contribution in [0.4, 0.5) is 0 Å². The summed E-state index contributed by atoms with van der Waals surface area (Å²) in [7, 11) is 1.70. The zero-order chi connectivity index (χ0) is 15.9. The molecule has 2 rings (SSSR count). The number of aromatic amines is 2. The van der Waals surface area contributed by atoms with Gasteiger partial charge in [-0.05, 0) is 18.1 Å². The predicted molar refractivity (Wildman–Crippen MR) is 81.9 cm³/mol. The van der Waals surface area contributed by atoms with Crippen LogP contribution in [0.1, 0.15) is 18.3 Å². The summed E-state index contributed by atoms with van der Waals surface area (Å²) in [6.07, 6.45) is 0.957. The highest BCUT2D eigenvalue weighted by molar-refractivity contribution is 5.77. The van der Waals surface area contributed by atoms with Gasteiger partial charge in [-0.3, -0.25) is 9.78 Å². The zero-order valence-electron chi connectivity index (χ0n) is 12.8. The molecule has 22 heavy (non-hydrogen) atoms. The summed E-state index contributed by atoms with van der Waals surface area (Å²) in [6.45, 7) is 2.95. The first-order chi connectivity index (χ1) is 10.6. The van der Waals surface area contributed by atoms with Crippen molar-refractivity contribution in [3.05, 3.63) is 46.1 Å². The van der Waals surface area contributed by atoms with Crippen LogP contribution in [0, 0.1) is 0 Å². The lowest BCUT2D eigenvalue weighted by atomic mass is 10.1. The third kappa shape index (κ3) is 4.21. The first-order valence-electron chi connectivity index (χ1n) is 7.18. The Morgan fingerprint density at radius 1 is 1.36 bits per heavy atom. The van der Waals surface area contributed by atoms with Gasteiger partial charge in [0.05, 0.1) is 13.0 Å². The zero-order valence-corrected chi connectivity index (χ0v) is 12.8. The molecule has 1 heterocycles. The predicted octanol–water partition coefficient (Wildman–Crippen LogP) is 0.740. The Bertz CT molecular complexity index is 677. The minimum absolute atomic E-state index is 0.0563. The van der Waals surface area contributed by atoms with Gasteiger partial charge in [-0.2, -0.15) is 5.10 Å². The number of para-hydroxylation sites is 1. The van der Waals surface area contributed by atoms with Crippen molar-refractivity contribution in [2.45, 2.75) is 19.8 Å². The van der Waals surface area contributed by atoms with Crippen LogP contribution in [0.5, 0.6) is 5.75 Å². The highest BCUT2D eigenvalue weighted by atomic mass is 16.5. The van der Waals surface area contributed by atoms with Crippen LogP contribution in [0.2, 0.25) is 0 Å². The van der Waals surface area contributed by atoms with E-state index in [-0.39, 0.29) is 12.3 Å². The van der Waals surface area contributed by atoms with Gasteiger partial charge in [0.1, 0.15) is 18.2 Å². The van der Waals surface area contributed by atoms with E-state index in [1.165, 1.54) is 0 Å². The van der Waals surface area contributed by atoms with Crippen molar-refractivity contribution in [3.63, 3.8) is 0 Å². The standard InChI is InChI=1S/C15H20N4O3/c1-3-11-6-4-5-7-12(11)22-9-8-19(2)14(20)10-13-16-15(21)18-17-13/h4-7H,3,8-10H2,1-2H3,(H2,16,17,18,21). The Hall–Kier alpha value is -2.57. The summed E-state index contributed by atoms with van der Waals surface area (Å²) in [5, 5.41) is 5.95. The number of nitrogens with one attached hydrogen (secondary N) is 2. The molecular weight excluding hydrogens is 284 g/mol. The second-order valence-electron chi connectivity index (χ2n) is 4.93. The summed E-state index contributed by atoms with van der Waals surface area (Å²) in [4.78, 5) is 26.9. The summed E-state index contributed by atoms with van der Waals surface area (Å²) in [5.74, 6) is 1.05. The molecule has 118 valence electrons. The van der Waals surface area contributed by atoms with E-state index >= 15 is 0 Å². The van der Waals surface area contributed by atoms with Crippen LogP contribution in [0.3, 0.4) is 0 Å². The van der Waals surface area contributed by atoms with E-state index in [0.717, 1.165) is 17.7 Å². The smallest absolute Gasteiger partial charge is 0.340 e. The normalized spacial score (nSPS) is 10.5. The Labute approximate surface area is 128 Å². The molecule has 7 nitrogen and oxygen atoms in total. The number of aryl methyl sites for hydroxylation is 1. The maximum atomic E-state index is 12.0. The van der Waals surface area contributed by atoms with Gasteiger partial charge in [0.2, 0.25) is 5.91 Å². The quantitative estimate of drug-likeness (QED) is 0.789. The monoisotopic (exact) mass is 304 g/mol. The first-order valence-corrected chi connectivity index (χ1v) is 7.18. The Morgan fingerprint density at radius 2 is 2.14 bits per heavy atom. The lowest BCUT2D eigenvalue weighted by molar-refractivity contribution is -0.129. The number of carbonyl (C=O) groups is 1. The fourth-order valence-electron chi connectivity index (χ4n) is 2.02. The third-order valence-electron chi connectivity index (χ3n) is 3.33. The lowest BCUT2D eigenvalue weighted by Gasteiger charge is -2.17. The molecule has 1 amide bonds. The second kappa shape index (κ2) is 7.44. The molecule has 0 saturated heterocycles. The van der Waals surface area contributed by atoms with Crippen molar-refractivity contribution < 1.29 is 9.53 Å². The van der Waals surface area contributed by atoms with E-state index < -0.39 is 5.69 Å². The summed E-state index contributed by atoms with van der Waals surface area (Å²) in [5.41, 5.74) is 0.732. The van der Waals surface area contributed by atoms with Gasteiger partial charge in [-0.25, -0.2) is 9.89 Å². The number of amides is 1. The Balaban J connectivity index is 1.81. The highest BCUT2D eigenvalue weighted by Gasteiger charge is 2.12. The fraction of sp³-hybridized carbons (Fsp3) is 0.400. The van der Waals surface area contributed by atoms with E-state index in [9.17, 15) is 9.59 Å². The maximum absolute atomic E-state index is 12.0. The number of aromatic nitrogens is 3. The fourth-order valence-corrected chi connectivity index (χ4v) is 2.02. The van der Waals surface area contributed by atoms with Gasteiger partial charge >= 0.3 is 5.69 Å². The molecule has 0 radical (unpaired) electrons. The van der Waals surface area contributed by atoms with Crippen molar-refractivity contribution >= 4 is 5.91 Å². The molecule has 0 aliphatic rings. The summed E-state index contributed by atoms with van der Waals surface area (Å²) >= 11 is 0. The Morgan fingerprint density at radius 3 is 2.82 bits per heavy atom. The number of benzene rings is 1. The van der Waals surface area contributed by atoms with E-state index in [1.807, 2.05) is 24.3 Å². The van der Waals surface area contributed by atoms with Gasteiger partial charge in [-0.1, -0.05) is 25.1 Å². The maximum Gasteiger partial charge on any atom is 0.340 e. The van der Waals surface area contributed by atoms with Gasteiger partial charge in [0.15, 0.2) is 0 Å². The molecule has 7 heteroatoms. The molecule has 0 aliphatic carbocycles. The largest absolute Gasteiger partial charge is 0.491 e. The van der Waals surface area contributed by atoms with Crippen molar-refractivity contribution in [2.75, 3.05) is 20.2 Å². The van der Waals surface area contributed by atoms with E-state index in [1.54, 1.807) is 11.9 Å². The molecule has 0 aliphatic heterocycles. The minimum Gasteiger partial charge on any atom is -0.491 e.